The van der Waals surface area contributed by atoms with Crippen LogP contribution >= 0.6 is 15.9 Å². The Bertz CT molecular complexity index is 1340. The molecule has 262 valence electrons. The summed E-state index contributed by atoms with van der Waals surface area (Å²) in [4.78, 5) is 60.6. The first-order chi connectivity index (χ1) is 23.2. The van der Waals surface area contributed by atoms with Gasteiger partial charge in [-0.2, -0.15) is 0 Å². The molecule has 13 heteroatoms. The molecule has 4 aliphatic rings. The van der Waals surface area contributed by atoms with E-state index in [1.54, 1.807) is 24.0 Å². The molecule has 4 aliphatic heterocycles. The Balaban J connectivity index is 1.45. The number of halogens is 1. The van der Waals surface area contributed by atoms with Gasteiger partial charge < -0.3 is 34.4 Å². The molecule has 0 radical (unpaired) electrons. The lowest BCUT2D eigenvalue weighted by Gasteiger charge is -2.40. The molecule has 1 unspecified atom stereocenters. The quantitative estimate of drug-likeness (QED) is 0.148. The molecular formula is C35H47BrN4O8. The number of aliphatic hydroxyl groups excluding tert-OH is 1. The maximum atomic E-state index is 14.8. The number of amides is 3. The van der Waals surface area contributed by atoms with Gasteiger partial charge in [0.05, 0.1) is 50.3 Å². The largest absolute Gasteiger partial charge is 0.460 e. The number of esters is 1. The second-order valence-corrected chi connectivity index (χ2v) is 14.1. The molecule has 48 heavy (non-hydrogen) atoms. The number of carbonyl (C=O) groups is 4. The fourth-order valence-electron chi connectivity index (χ4n) is 7.59. The third-order valence-electron chi connectivity index (χ3n) is 9.86. The molecule has 4 saturated heterocycles. The van der Waals surface area contributed by atoms with E-state index in [1.807, 2.05) is 30.3 Å². The molecule has 4 fully saturated rings. The van der Waals surface area contributed by atoms with Crippen molar-refractivity contribution >= 4 is 39.6 Å². The number of nitrogens with zero attached hydrogens (tertiary/aromatic N) is 3. The maximum Gasteiger partial charge on any atom is 0.312 e. The van der Waals surface area contributed by atoms with E-state index in [0.717, 1.165) is 13.1 Å². The summed E-state index contributed by atoms with van der Waals surface area (Å²) in [5.41, 5.74) is -0.671. The molecule has 0 aliphatic carbocycles. The van der Waals surface area contributed by atoms with Gasteiger partial charge in [-0.25, -0.2) is 0 Å². The van der Waals surface area contributed by atoms with Gasteiger partial charge in [-0.05, 0) is 25.3 Å². The van der Waals surface area contributed by atoms with Crippen molar-refractivity contribution in [1.82, 2.24) is 20.0 Å². The molecule has 4 heterocycles. The van der Waals surface area contributed by atoms with Crippen molar-refractivity contribution in [2.24, 2.45) is 11.8 Å². The molecule has 0 aromatic heterocycles. The van der Waals surface area contributed by atoms with Gasteiger partial charge in [0.25, 0.3) is 0 Å². The van der Waals surface area contributed by atoms with E-state index in [0.29, 0.717) is 44.7 Å². The smallest absolute Gasteiger partial charge is 0.312 e. The van der Waals surface area contributed by atoms with Crippen molar-refractivity contribution in [3.8, 4) is 0 Å². The van der Waals surface area contributed by atoms with Crippen LogP contribution < -0.4 is 5.32 Å². The maximum absolute atomic E-state index is 14.8. The van der Waals surface area contributed by atoms with Gasteiger partial charge in [0, 0.05) is 44.0 Å². The first kappa shape index (κ1) is 36.2. The lowest BCUT2D eigenvalue weighted by molar-refractivity contribution is -0.160. The van der Waals surface area contributed by atoms with Gasteiger partial charge in [0.15, 0.2) is 0 Å². The fraction of sp³-hybridized carbons (Fsp3) is 0.600. The summed E-state index contributed by atoms with van der Waals surface area (Å²) in [5.74, 6) is -3.56. The van der Waals surface area contributed by atoms with E-state index in [4.69, 9.17) is 14.2 Å². The van der Waals surface area contributed by atoms with Gasteiger partial charge in [-0.1, -0.05) is 58.4 Å². The van der Waals surface area contributed by atoms with Crippen LogP contribution in [0.25, 0.3) is 0 Å². The number of aliphatic hydroxyl groups is 1. The molecule has 3 amide bonds. The Labute approximate surface area is 290 Å². The summed E-state index contributed by atoms with van der Waals surface area (Å²) in [5, 5.41) is 13.5. The first-order valence-corrected chi connectivity index (χ1v) is 17.7. The monoisotopic (exact) mass is 730 g/mol. The van der Waals surface area contributed by atoms with Crippen LogP contribution in [0.5, 0.6) is 0 Å². The fourth-order valence-corrected chi connectivity index (χ4v) is 8.53. The van der Waals surface area contributed by atoms with Crippen LogP contribution in [0, 0.1) is 11.8 Å². The molecule has 1 aromatic rings. The highest BCUT2D eigenvalue weighted by molar-refractivity contribution is 9.09. The Morgan fingerprint density at radius 3 is 2.60 bits per heavy atom. The number of morpholine rings is 1. The van der Waals surface area contributed by atoms with Crippen LogP contribution in [0.4, 0.5) is 0 Å². The van der Waals surface area contributed by atoms with Crippen LogP contribution in [0.2, 0.25) is 0 Å². The van der Waals surface area contributed by atoms with Crippen molar-refractivity contribution in [3.63, 3.8) is 0 Å². The zero-order valence-electron chi connectivity index (χ0n) is 27.5. The zero-order valence-corrected chi connectivity index (χ0v) is 29.1. The number of allylic oxidation sites excluding steroid dienone is 1. The molecule has 5 rings (SSSR count). The molecule has 1 spiro atoms. The van der Waals surface area contributed by atoms with Crippen molar-refractivity contribution in [1.29, 1.82) is 0 Å². The number of likely N-dealkylation sites (tertiary alicyclic amines) is 1. The number of carbonyl (C=O) groups excluding carboxylic acids is 4. The Hall–Kier alpha value is -3.10. The lowest BCUT2D eigenvalue weighted by atomic mass is 9.70. The summed E-state index contributed by atoms with van der Waals surface area (Å²) in [6.07, 6.45) is 3.07. The Morgan fingerprint density at radius 1 is 1.21 bits per heavy atom. The van der Waals surface area contributed by atoms with E-state index < -0.39 is 60.2 Å². The minimum Gasteiger partial charge on any atom is -0.460 e. The van der Waals surface area contributed by atoms with E-state index >= 15 is 0 Å². The number of rotatable bonds is 16. The number of fused-ring (bicyclic) bond motifs is 1. The molecule has 12 nitrogen and oxygen atoms in total. The second kappa shape index (κ2) is 16.1. The topological polar surface area (TPSA) is 138 Å². The number of nitrogens with one attached hydrogen (secondary N) is 1. The summed E-state index contributed by atoms with van der Waals surface area (Å²) in [6.45, 7) is 12.9. The Kier molecular flexibility index (Phi) is 12.1. The van der Waals surface area contributed by atoms with Crippen molar-refractivity contribution in [2.75, 3.05) is 59.1 Å². The van der Waals surface area contributed by atoms with E-state index in [2.05, 4.69) is 39.3 Å². The number of hydrogen-bond acceptors (Lipinski definition) is 9. The van der Waals surface area contributed by atoms with Gasteiger partial charge in [0.1, 0.15) is 17.7 Å². The van der Waals surface area contributed by atoms with Gasteiger partial charge in [0.2, 0.25) is 17.7 Å². The van der Waals surface area contributed by atoms with E-state index in [1.165, 1.54) is 4.90 Å². The van der Waals surface area contributed by atoms with Crippen molar-refractivity contribution in [3.05, 3.63) is 61.2 Å². The molecule has 1 aromatic carbocycles. The average Bonchev–Trinajstić information content (AvgIpc) is 3.69. The highest BCUT2D eigenvalue weighted by Crippen LogP contribution is 2.61. The van der Waals surface area contributed by atoms with E-state index in [-0.39, 0.29) is 36.2 Å². The molecule has 2 N–H and O–H groups in total. The highest BCUT2D eigenvalue weighted by Gasteiger charge is 2.77. The average molecular weight is 732 g/mol. The normalized spacial score (nSPS) is 29.2. The minimum absolute atomic E-state index is 0.106. The van der Waals surface area contributed by atoms with Gasteiger partial charge in [-0.3, -0.25) is 24.1 Å². The number of alkyl halides is 1. The van der Waals surface area contributed by atoms with Crippen molar-refractivity contribution in [2.45, 2.75) is 60.9 Å². The van der Waals surface area contributed by atoms with Gasteiger partial charge in [-0.15, -0.1) is 13.2 Å². The van der Waals surface area contributed by atoms with Crippen molar-refractivity contribution < 1.29 is 38.5 Å². The standard InChI is InChI=1S/C35H47BrN4O8/c1-4-6-12-27(42)37-21-23(3)47-34(45)28-29-32(43)40(26(22-41)24-10-8-7-9-11-24)31(35(29)20-25(36)30(28)48-35)33(44)39(13-5-2)15-14-38-16-18-46-19-17-38/h4-5,7-11,23,25-26,28-31,41H,1-2,6,12-22H2,3H3,(H,37,42)/t23-,25?,26-,28+,29-,30+,31+,35-/m1/s1. The van der Waals surface area contributed by atoms with Crippen LogP contribution in [-0.2, 0) is 33.4 Å². The highest BCUT2D eigenvalue weighted by atomic mass is 79.9. The number of benzene rings is 1. The lowest BCUT2D eigenvalue weighted by Crippen LogP contribution is -2.58. The predicted molar refractivity (Wildman–Crippen MR) is 181 cm³/mol. The van der Waals surface area contributed by atoms with E-state index in [9.17, 15) is 24.3 Å². The third kappa shape index (κ3) is 7.25. The zero-order chi connectivity index (χ0) is 34.4. The molecule has 8 atom stereocenters. The van der Waals surface area contributed by atoms with Crippen LogP contribution in [0.1, 0.15) is 37.8 Å². The van der Waals surface area contributed by atoms with Gasteiger partial charge >= 0.3 is 5.97 Å². The SMILES string of the molecule is C=CCCC(=O)NC[C@@H](C)OC(=O)[C@@H]1[C@H]2O[C@@]3(CC2Br)[C@H](C(=O)N(CC=C)CCN2CCOCC2)N([C@H](CO)c2ccccc2)C(=O)[C@@H]13. The predicted octanol–water partition coefficient (Wildman–Crippen LogP) is 1.83. The summed E-state index contributed by atoms with van der Waals surface area (Å²) >= 11 is 3.70. The van der Waals surface area contributed by atoms with Crippen LogP contribution in [-0.4, -0.2) is 131 Å². The second-order valence-electron chi connectivity index (χ2n) is 12.9. The first-order valence-electron chi connectivity index (χ1n) is 16.7. The number of hydrogen-bond donors (Lipinski definition) is 2. The summed E-state index contributed by atoms with van der Waals surface area (Å²) in [6, 6.07) is 7.13. The third-order valence-corrected chi connectivity index (χ3v) is 10.7. The van der Waals surface area contributed by atoms with Crippen LogP contribution in [0.3, 0.4) is 0 Å². The summed E-state index contributed by atoms with van der Waals surface area (Å²) in [7, 11) is 0. The number of ether oxygens (including phenoxy) is 3. The Morgan fingerprint density at radius 2 is 1.94 bits per heavy atom. The van der Waals surface area contributed by atoms with Crippen LogP contribution in [0.15, 0.2) is 55.6 Å². The molecular weight excluding hydrogens is 684 g/mol. The minimum atomic E-state index is -1.33. The molecule has 2 bridgehead atoms. The summed E-state index contributed by atoms with van der Waals surface area (Å²) < 4.78 is 18.0. The molecule has 0 saturated carbocycles.